The Morgan fingerprint density at radius 1 is 1.22 bits per heavy atom. The van der Waals surface area contributed by atoms with Gasteiger partial charge in [0, 0.05) is 0 Å². The molecule has 0 aliphatic carbocycles. The van der Waals surface area contributed by atoms with E-state index in [4.69, 9.17) is 19.9 Å². The number of amides is 1. The molecule has 0 saturated heterocycles. The van der Waals surface area contributed by atoms with Crippen LogP contribution >= 0.6 is 0 Å². The quantitative estimate of drug-likeness (QED) is 0.835. The van der Waals surface area contributed by atoms with Crippen LogP contribution in [-0.4, -0.2) is 26.7 Å². The van der Waals surface area contributed by atoms with Gasteiger partial charge in [0.25, 0.3) is 0 Å². The summed E-state index contributed by atoms with van der Waals surface area (Å²) in [4.78, 5) is 11.2. The van der Waals surface area contributed by atoms with Crippen molar-refractivity contribution in [3.63, 3.8) is 0 Å². The number of carbonyl (C=O) groups excluding carboxylic acids is 1. The van der Waals surface area contributed by atoms with Crippen molar-refractivity contribution >= 4 is 5.91 Å². The molecule has 2 N–H and O–H groups in total. The number of primary amides is 1. The van der Waals surface area contributed by atoms with Gasteiger partial charge >= 0.3 is 0 Å². The molecule has 0 aliphatic rings. The summed E-state index contributed by atoms with van der Waals surface area (Å²) in [5.74, 6) is 1.15. The van der Waals surface area contributed by atoms with Crippen LogP contribution in [0.3, 0.4) is 0 Å². The maximum absolute atomic E-state index is 11.2. The molecule has 0 bridgehead atoms. The maximum Gasteiger partial charge on any atom is 0.226 e. The van der Waals surface area contributed by atoms with Gasteiger partial charge in [-0.25, -0.2) is 0 Å². The lowest BCUT2D eigenvalue weighted by Gasteiger charge is -2.22. The molecule has 0 saturated carbocycles. The molecule has 1 aromatic rings. The minimum atomic E-state index is -0.758. The summed E-state index contributed by atoms with van der Waals surface area (Å²) in [6.45, 7) is 3.59. The zero-order valence-corrected chi connectivity index (χ0v) is 11.1. The van der Waals surface area contributed by atoms with Crippen molar-refractivity contribution in [2.75, 3.05) is 20.8 Å². The highest BCUT2D eigenvalue weighted by atomic mass is 16.5. The first kappa shape index (κ1) is 14.2. The number of methoxy groups -OCH3 is 2. The lowest BCUT2D eigenvalue weighted by molar-refractivity contribution is -0.127. The Hall–Kier alpha value is -1.91. The van der Waals surface area contributed by atoms with Crippen LogP contribution < -0.4 is 19.9 Å². The number of rotatable bonds is 6. The van der Waals surface area contributed by atoms with Crippen molar-refractivity contribution in [2.24, 2.45) is 11.1 Å². The standard InChI is InChI=1S/C13H19NO4/c1-13(2,12(14)15)8-18-11-9(16-3)6-5-7-10(11)17-4/h5-7H,8H2,1-4H3,(H2,14,15). The molecule has 0 aliphatic heterocycles. The molecule has 0 spiro atoms. The van der Waals surface area contributed by atoms with Gasteiger partial charge in [-0.3, -0.25) is 4.79 Å². The van der Waals surface area contributed by atoms with Gasteiger partial charge < -0.3 is 19.9 Å². The van der Waals surface area contributed by atoms with Crippen LogP contribution in [0.4, 0.5) is 0 Å². The highest BCUT2D eigenvalue weighted by Crippen LogP contribution is 2.37. The Bertz CT molecular complexity index is 407. The minimum Gasteiger partial charge on any atom is -0.493 e. The Morgan fingerprint density at radius 2 is 1.72 bits per heavy atom. The number of carbonyl (C=O) groups is 1. The molecule has 1 rings (SSSR count). The van der Waals surface area contributed by atoms with E-state index in [0.29, 0.717) is 17.2 Å². The molecule has 0 fully saturated rings. The zero-order chi connectivity index (χ0) is 13.8. The summed E-state index contributed by atoms with van der Waals surface area (Å²) in [5, 5.41) is 0. The highest BCUT2D eigenvalue weighted by molar-refractivity contribution is 5.80. The molecule has 0 unspecified atom stereocenters. The van der Waals surface area contributed by atoms with E-state index in [9.17, 15) is 4.79 Å². The Labute approximate surface area is 107 Å². The van der Waals surface area contributed by atoms with Crippen molar-refractivity contribution in [2.45, 2.75) is 13.8 Å². The lowest BCUT2D eigenvalue weighted by Crippen LogP contribution is -2.36. The number of nitrogens with two attached hydrogens (primary N) is 1. The third kappa shape index (κ3) is 3.06. The van der Waals surface area contributed by atoms with Gasteiger partial charge in [-0.15, -0.1) is 0 Å². The van der Waals surface area contributed by atoms with Crippen LogP contribution in [0.5, 0.6) is 17.2 Å². The Kier molecular flexibility index (Phi) is 4.42. The van der Waals surface area contributed by atoms with E-state index in [1.54, 1.807) is 46.3 Å². The normalized spacial score (nSPS) is 10.9. The first-order chi connectivity index (χ1) is 8.42. The molecular formula is C13H19NO4. The number of hydrogen-bond acceptors (Lipinski definition) is 4. The van der Waals surface area contributed by atoms with Crippen molar-refractivity contribution in [1.29, 1.82) is 0 Å². The maximum atomic E-state index is 11.2. The molecule has 0 radical (unpaired) electrons. The second-order valence-electron chi connectivity index (χ2n) is 4.53. The van der Waals surface area contributed by atoms with Crippen LogP contribution in [0.2, 0.25) is 0 Å². The van der Waals surface area contributed by atoms with Gasteiger partial charge in [-0.2, -0.15) is 0 Å². The van der Waals surface area contributed by atoms with E-state index in [0.717, 1.165) is 0 Å². The first-order valence-corrected chi connectivity index (χ1v) is 5.56. The average Bonchev–Trinajstić information content (AvgIpc) is 2.35. The van der Waals surface area contributed by atoms with Gasteiger partial charge in [-0.05, 0) is 26.0 Å². The highest BCUT2D eigenvalue weighted by Gasteiger charge is 2.27. The molecule has 100 valence electrons. The van der Waals surface area contributed by atoms with Gasteiger partial charge in [0.2, 0.25) is 11.7 Å². The van der Waals surface area contributed by atoms with Crippen molar-refractivity contribution in [3.05, 3.63) is 18.2 Å². The predicted molar refractivity (Wildman–Crippen MR) is 68.0 cm³/mol. The second-order valence-corrected chi connectivity index (χ2v) is 4.53. The first-order valence-electron chi connectivity index (χ1n) is 5.56. The fourth-order valence-electron chi connectivity index (χ4n) is 1.28. The van der Waals surface area contributed by atoms with Crippen LogP contribution in [0.25, 0.3) is 0 Å². The minimum absolute atomic E-state index is 0.152. The third-order valence-corrected chi connectivity index (χ3v) is 2.63. The Morgan fingerprint density at radius 3 is 2.11 bits per heavy atom. The Balaban J connectivity index is 2.93. The van der Waals surface area contributed by atoms with Crippen molar-refractivity contribution < 1.29 is 19.0 Å². The van der Waals surface area contributed by atoms with E-state index in [1.165, 1.54) is 0 Å². The van der Waals surface area contributed by atoms with Crippen molar-refractivity contribution in [1.82, 2.24) is 0 Å². The molecule has 0 heterocycles. The number of ether oxygens (including phenoxy) is 3. The summed E-state index contributed by atoms with van der Waals surface area (Å²) in [7, 11) is 3.09. The van der Waals surface area contributed by atoms with E-state index in [2.05, 4.69) is 0 Å². The lowest BCUT2D eigenvalue weighted by atomic mass is 9.94. The second kappa shape index (κ2) is 5.62. The molecule has 5 heteroatoms. The van der Waals surface area contributed by atoms with Crippen LogP contribution in [0, 0.1) is 5.41 Å². The third-order valence-electron chi connectivity index (χ3n) is 2.63. The molecule has 1 amide bonds. The van der Waals surface area contributed by atoms with E-state index < -0.39 is 11.3 Å². The zero-order valence-electron chi connectivity index (χ0n) is 11.1. The molecular weight excluding hydrogens is 234 g/mol. The SMILES string of the molecule is COc1cccc(OC)c1OCC(C)(C)C(N)=O. The molecule has 0 atom stereocenters. The topological polar surface area (TPSA) is 70.8 Å². The van der Waals surface area contributed by atoms with Crippen LogP contribution in [0.1, 0.15) is 13.8 Å². The number of hydrogen-bond donors (Lipinski definition) is 1. The largest absolute Gasteiger partial charge is 0.493 e. The fraction of sp³-hybridized carbons (Fsp3) is 0.462. The fourth-order valence-corrected chi connectivity index (χ4v) is 1.28. The summed E-state index contributed by atoms with van der Waals surface area (Å²) in [5.41, 5.74) is 4.54. The molecule has 0 aromatic heterocycles. The molecule has 18 heavy (non-hydrogen) atoms. The van der Waals surface area contributed by atoms with Gasteiger partial charge in [0.15, 0.2) is 11.5 Å². The monoisotopic (exact) mass is 253 g/mol. The number of para-hydroxylation sites is 1. The van der Waals surface area contributed by atoms with E-state index in [1.807, 2.05) is 0 Å². The number of benzene rings is 1. The summed E-state index contributed by atoms with van der Waals surface area (Å²) < 4.78 is 16.0. The van der Waals surface area contributed by atoms with E-state index >= 15 is 0 Å². The summed E-state index contributed by atoms with van der Waals surface area (Å²) in [6, 6.07) is 5.31. The predicted octanol–water partition coefficient (Wildman–Crippen LogP) is 1.59. The smallest absolute Gasteiger partial charge is 0.226 e. The average molecular weight is 253 g/mol. The summed E-state index contributed by atoms with van der Waals surface area (Å²) in [6.07, 6.45) is 0. The molecule has 1 aromatic carbocycles. The van der Waals surface area contributed by atoms with Gasteiger partial charge in [0.1, 0.15) is 6.61 Å². The van der Waals surface area contributed by atoms with Crippen LogP contribution in [-0.2, 0) is 4.79 Å². The molecule has 5 nitrogen and oxygen atoms in total. The van der Waals surface area contributed by atoms with Gasteiger partial charge in [0.05, 0.1) is 19.6 Å². The van der Waals surface area contributed by atoms with E-state index in [-0.39, 0.29) is 6.61 Å². The van der Waals surface area contributed by atoms with Crippen LogP contribution in [0.15, 0.2) is 18.2 Å². The summed E-state index contributed by atoms with van der Waals surface area (Å²) >= 11 is 0. The van der Waals surface area contributed by atoms with Gasteiger partial charge in [-0.1, -0.05) is 6.07 Å². The van der Waals surface area contributed by atoms with Crippen molar-refractivity contribution in [3.8, 4) is 17.2 Å².